The highest BCUT2D eigenvalue weighted by Gasteiger charge is 2.27. The smallest absolute Gasteiger partial charge is 0.317 e. The summed E-state index contributed by atoms with van der Waals surface area (Å²) in [4.78, 5) is 29.4. The van der Waals surface area contributed by atoms with Gasteiger partial charge in [-0.05, 0) is 18.4 Å². The number of primary amides is 1. The van der Waals surface area contributed by atoms with E-state index < -0.39 is 0 Å². The second kappa shape index (κ2) is 7.78. The molecule has 2 aromatic rings. The van der Waals surface area contributed by atoms with Gasteiger partial charge in [0.05, 0.1) is 12.5 Å². The summed E-state index contributed by atoms with van der Waals surface area (Å²) in [5.41, 5.74) is 6.42. The van der Waals surface area contributed by atoms with Crippen LogP contribution in [0.25, 0.3) is 0 Å². The van der Waals surface area contributed by atoms with E-state index in [0.717, 1.165) is 18.4 Å². The molecule has 0 spiro atoms. The zero-order valence-corrected chi connectivity index (χ0v) is 13.9. The molecule has 2 heterocycles. The number of nitrogens with two attached hydrogens (primary N) is 1. The minimum Gasteiger partial charge on any atom is -0.369 e. The molecule has 3 amide bonds. The molecule has 1 saturated heterocycles. The lowest BCUT2D eigenvalue weighted by molar-refractivity contribution is -0.123. The first kappa shape index (κ1) is 16.9. The summed E-state index contributed by atoms with van der Waals surface area (Å²) in [6.07, 6.45) is 2.07. The Morgan fingerprint density at radius 3 is 2.88 bits per heavy atom. The number of aromatic nitrogens is 2. The molecule has 0 radical (unpaired) electrons. The van der Waals surface area contributed by atoms with Crippen molar-refractivity contribution in [3.8, 4) is 0 Å². The highest BCUT2D eigenvalue weighted by molar-refractivity contribution is 5.79. The Labute approximate surface area is 145 Å². The first-order valence-electron chi connectivity index (χ1n) is 8.29. The van der Waals surface area contributed by atoms with Gasteiger partial charge in [-0.3, -0.25) is 4.79 Å². The SMILES string of the molecule is NC(=O)[C@H]1CCCN(C(=O)NCc2nc(Cc3ccccc3)no2)C1. The van der Waals surface area contributed by atoms with E-state index in [9.17, 15) is 9.59 Å². The number of hydrogen-bond acceptors (Lipinski definition) is 5. The number of rotatable bonds is 5. The van der Waals surface area contributed by atoms with Crippen LogP contribution in [0.1, 0.15) is 30.1 Å². The van der Waals surface area contributed by atoms with E-state index in [1.165, 1.54) is 0 Å². The Morgan fingerprint density at radius 1 is 1.32 bits per heavy atom. The summed E-state index contributed by atoms with van der Waals surface area (Å²) in [5.74, 6) is 0.283. The summed E-state index contributed by atoms with van der Waals surface area (Å²) in [6.45, 7) is 1.11. The molecule has 0 aliphatic carbocycles. The van der Waals surface area contributed by atoms with Crippen molar-refractivity contribution >= 4 is 11.9 Å². The number of hydrogen-bond donors (Lipinski definition) is 2. The molecule has 1 aliphatic rings. The first-order chi connectivity index (χ1) is 12.1. The van der Waals surface area contributed by atoms with Crippen molar-refractivity contribution in [1.29, 1.82) is 0 Å². The molecule has 1 aliphatic heterocycles. The van der Waals surface area contributed by atoms with Crippen LogP contribution in [0.2, 0.25) is 0 Å². The van der Waals surface area contributed by atoms with Gasteiger partial charge in [0.2, 0.25) is 11.8 Å². The summed E-state index contributed by atoms with van der Waals surface area (Å²) in [5, 5.41) is 6.67. The summed E-state index contributed by atoms with van der Waals surface area (Å²) in [6, 6.07) is 9.58. The van der Waals surface area contributed by atoms with Crippen LogP contribution in [0.5, 0.6) is 0 Å². The monoisotopic (exact) mass is 343 g/mol. The van der Waals surface area contributed by atoms with Crippen LogP contribution in [0.15, 0.2) is 34.9 Å². The van der Waals surface area contributed by atoms with Crippen LogP contribution in [0.4, 0.5) is 4.79 Å². The largest absolute Gasteiger partial charge is 0.369 e. The average Bonchev–Trinajstić information content (AvgIpc) is 3.08. The Hall–Kier alpha value is -2.90. The van der Waals surface area contributed by atoms with Crippen molar-refractivity contribution in [3.63, 3.8) is 0 Å². The highest BCUT2D eigenvalue weighted by atomic mass is 16.5. The van der Waals surface area contributed by atoms with Gasteiger partial charge in [0.25, 0.3) is 0 Å². The van der Waals surface area contributed by atoms with Crippen LogP contribution in [-0.2, 0) is 17.8 Å². The minimum atomic E-state index is -0.361. The van der Waals surface area contributed by atoms with Crippen LogP contribution in [-0.4, -0.2) is 40.1 Å². The normalized spacial score (nSPS) is 17.3. The van der Waals surface area contributed by atoms with Crippen LogP contribution < -0.4 is 11.1 Å². The van der Waals surface area contributed by atoms with E-state index in [1.54, 1.807) is 4.90 Å². The third-order valence-corrected chi connectivity index (χ3v) is 4.22. The third kappa shape index (κ3) is 4.56. The molecule has 3 rings (SSSR count). The van der Waals surface area contributed by atoms with Crippen molar-refractivity contribution < 1.29 is 14.1 Å². The van der Waals surface area contributed by atoms with E-state index in [2.05, 4.69) is 15.5 Å². The maximum atomic E-state index is 12.2. The van der Waals surface area contributed by atoms with E-state index in [0.29, 0.717) is 31.2 Å². The molecule has 1 fully saturated rings. The summed E-state index contributed by atoms with van der Waals surface area (Å²) < 4.78 is 5.17. The number of urea groups is 1. The van der Waals surface area contributed by atoms with Crippen LogP contribution >= 0.6 is 0 Å². The third-order valence-electron chi connectivity index (χ3n) is 4.22. The second-order valence-corrected chi connectivity index (χ2v) is 6.11. The predicted octanol–water partition coefficient (Wildman–Crippen LogP) is 1.07. The molecule has 8 heteroatoms. The van der Waals surface area contributed by atoms with Crippen molar-refractivity contribution in [2.24, 2.45) is 11.7 Å². The van der Waals surface area contributed by atoms with Crippen LogP contribution in [0.3, 0.4) is 0 Å². The number of likely N-dealkylation sites (tertiary alicyclic amines) is 1. The summed E-state index contributed by atoms with van der Waals surface area (Å²) >= 11 is 0. The van der Waals surface area contributed by atoms with Gasteiger partial charge in [-0.25, -0.2) is 4.79 Å². The molecule has 0 unspecified atom stereocenters. The molecule has 0 saturated carbocycles. The molecule has 3 N–H and O–H groups in total. The van der Waals surface area contributed by atoms with E-state index >= 15 is 0 Å². The fraction of sp³-hybridized carbons (Fsp3) is 0.412. The van der Waals surface area contributed by atoms with Gasteiger partial charge in [-0.1, -0.05) is 35.5 Å². The van der Waals surface area contributed by atoms with E-state index in [1.807, 2.05) is 30.3 Å². The first-order valence-corrected chi connectivity index (χ1v) is 8.29. The van der Waals surface area contributed by atoms with Crippen molar-refractivity contribution in [2.75, 3.05) is 13.1 Å². The lowest BCUT2D eigenvalue weighted by Gasteiger charge is -2.31. The number of amides is 3. The van der Waals surface area contributed by atoms with Crippen molar-refractivity contribution in [1.82, 2.24) is 20.4 Å². The fourth-order valence-corrected chi connectivity index (χ4v) is 2.87. The summed E-state index contributed by atoms with van der Waals surface area (Å²) in [7, 11) is 0. The Morgan fingerprint density at radius 2 is 2.12 bits per heavy atom. The van der Waals surface area contributed by atoms with E-state index in [4.69, 9.17) is 10.3 Å². The van der Waals surface area contributed by atoms with Crippen molar-refractivity contribution in [2.45, 2.75) is 25.8 Å². The standard InChI is InChI=1S/C17H21N5O3/c18-16(23)13-7-4-8-22(11-13)17(24)19-10-15-20-14(21-25-15)9-12-5-2-1-3-6-12/h1-3,5-6,13H,4,7-11H2,(H2,18,23)(H,19,24)/t13-/m0/s1. The molecule has 8 nitrogen and oxygen atoms in total. The molecule has 1 aromatic carbocycles. The molecule has 1 atom stereocenters. The number of benzene rings is 1. The molecule has 132 valence electrons. The topological polar surface area (TPSA) is 114 Å². The van der Waals surface area contributed by atoms with E-state index in [-0.39, 0.29) is 24.4 Å². The van der Waals surface area contributed by atoms with Gasteiger partial charge in [0.15, 0.2) is 5.82 Å². The Bertz CT molecular complexity index is 731. The second-order valence-electron chi connectivity index (χ2n) is 6.11. The van der Waals surface area contributed by atoms with Gasteiger partial charge < -0.3 is 20.5 Å². The lowest BCUT2D eigenvalue weighted by atomic mass is 9.98. The Kier molecular flexibility index (Phi) is 5.27. The number of nitrogens with one attached hydrogen (secondary N) is 1. The predicted molar refractivity (Wildman–Crippen MR) is 89.3 cm³/mol. The number of carbonyl (C=O) groups excluding carboxylic acids is 2. The van der Waals surface area contributed by atoms with Gasteiger partial charge in [0.1, 0.15) is 0 Å². The maximum absolute atomic E-state index is 12.2. The highest BCUT2D eigenvalue weighted by Crippen LogP contribution is 2.16. The van der Waals surface area contributed by atoms with Gasteiger partial charge in [-0.2, -0.15) is 4.98 Å². The quantitative estimate of drug-likeness (QED) is 0.843. The number of carbonyl (C=O) groups is 2. The van der Waals surface area contributed by atoms with Gasteiger partial charge in [-0.15, -0.1) is 0 Å². The lowest BCUT2D eigenvalue weighted by Crippen LogP contribution is -2.47. The molecule has 25 heavy (non-hydrogen) atoms. The minimum absolute atomic E-state index is 0.151. The molecular formula is C17H21N5O3. The van der Waals surface area contributed by atoms with Gasteiger partial charge >= 0.3 is 6.03 Å². The average molecular weight is 343 g/mol. The van der Waals surface area contributed by atoms with Crippen molar-refractivity contribution in [3.05, 3.63) is 47.6 Å². The zero-order valence-electron chi connectivity index (χ0n) is 13.9. The molecule has 0 bridgehead atoms. The Balaban J connectivity index is 1.50. The van der Waals surface area contributed by atoms with Gasteiger partial charge in [0, 0.05) is 19.5 Å². The fourth-order valence-electron chi connectivity index (χ4n) is 2.87. The van der Waals surface area contributed by atoms with Crippen LogP contribution in [0, 0.1) is 5.92 Å². The number of piperidine rings is 1. The molecular weight excluding hydrogens is 322 g/mol. The number of nitrogens with zero attached hydrogens (tertiary/aromatic N) is 3. The zero-order chi connectivity index (χ0) is 17.6. The molecule has 1 aromatic heterocycles. The maximum Gasteiger partial charge on any atom is 0.317 e.